The Kier molecular flexibility index (Phi) is 8.48. The molecule has 0 unspecified atom stereocenters. The van der Waals surface area contributed by atoms with Crippen LogP contribution in [0.4, 0.5) is 5.69 Å². The molecule has 0 aliphatic carbocycles. The summed E-state index contributed by atoms with van der Waals surface area (Å²) >= 11 is 6.73. The zero-order valence-electron chi connectivity index (χ0n) is 23.4. The molecule has 1 aromatic carbocycles. The van der Waals surface area contributed by atoms with Crippen molar-refractivity contribution in [3.63, 3.8) is 0 Å². The highest BCUT2D eigenvalue weighted by Gasteiger charge is 2.27. The average molecular weight is 543 g/mol. The minimum atomic E-state index is -0.601. The Morgan fingerprint density at radius 3 is 2.54 bits per heavy atom. The highest BCUT2D eigenvalue weighted by atomic mass is 35.5. The zero-order valence-corrected chi connectivity index (χ0v) is 24.2. The SMILES string of the molecule is CCn1c(C#CCNc2ccc(C(C)(C)C#N)nc2)cc2c(CN3CCC(N4CCCC4)CC3)ccc(Cl)c21. The molecule has 0 spiro atoms. The molecule has 0 radical (unpaired) electrons. The quantitative estimate of drug-likeness (QED) is 0.369. The summed E-state index contributed by atoms with van der Waals surface area (Å²) in [5.41, 5.74) is 4.44. The highest BCUT2D eigenvalue weighted by molar-refractivity contribution is 6.35. The van der Waals surface area contributed by atoms with E-state index in [1.807, 2.05) is 32.0 Å². The summed E-state index contributed by atoms with van der Waals surface area (Å²) in [6.45, 7) is 13.0. The number of hydrogen-bond acceptors (Lipinski definition) is 5. The second-order valence-corrected chi connectivity index (χ2v) is 11.7. The monoisotopic (exact) mass is 542 g/mol. The fourth-order valence-corrected chi connectivity index (χ4v) is 6.23. The summed E-state index contributed by atoms with van der Waals surface area (Å²) in [4.78, 5) is 9.76. The van der Waals surface area contributed by atoms with E-state index in [0.29, 0.717) is 6.54 Å². The number of nitrogens with zero attached hydrogens (tertiary/aromatic N) is 5. The second-order valence-electron chi connectivity index (χ2n) is 11.3. The third kappa shape index (κ3) is 6.10. The van der Waals surface area contributed by atoms with E-state index in [-0.39, 0.29) is 0 Å². The van der Waals surface area contributed by atoms with Crippen LogP contribution in [0.3, 0.4) is 0 Å². The number of aromatic nitrogens is 2. The first-order valence-corrected chi connectivity index (χ1v) is 14.6. The van der Waals surface area contributed by atoms with Crippen molar-refractivity contribution in [2.45, 2.75) is 71.0 Å². The first kappa shape index (κ1) is 27.5. The van der Waals surface area contributed by atoms with E-state index in [4.69, 9.17) is 11.6 Å². The van der Waals surface area contributed by atoms with Crippen molar-refractivity contribution in [2.75, 3.05) is 38.0 Å². The van der Waals surface area contributed by atoms with Gasteiger partial charge in [0.2, 0.25) is 0 Å². The van der Waals surface area contributed by atoms with Gasteiger partial charge in [-0.2, -0.15) is 5.26 Å². The van der Waals surface area contributed by atoms with Gasteiger partial charge in [0.15, 0.2) is 0 Å². The number of pyridine rings is 1. The van der Waals surface area contributed by atoms with E-state index >= 15 is 0 Å². The molecule has 2 aromatic heterocycles. The van der Waals surface area contributed by atoms with Crippen molar-refractivity contribution in [3.05, 3.63) is 58.5 Å². The van der Waals surface area contributed by atoms with Gasteiger partial charge < -0.3 is 14.8 Å². The Bertz CT molecular complexity index is 1390. The summed E-state index contributed by atoms with van der Waals surface area (Å²) < 4.78 is 2.23. The van der Waals surface area contributed by atoms with Gasteiger partial charge in [-0.05, 0) is 108 Å². The number of nitrogens with one attached hydrogen (secondary N) is 1. The first-order chi connectivity index (χ1) is 18.9. The van der Waals surface area contributed by atoms with E-state index < -0.39 is 5.41 Å². The molecular weight excluding hydrogens is 504 g/mol. The second kappa shape index (κ2) is 12.0. The number of rotatable bonds is 7. The number of aryl methyl sites for hydroxylation is 1. The van der Waals surface area contributed by atoms with E-state index in [1.54, 1.807) is 6.20 Å². The molecule has 2 saturated heterocycles. The molecule has 6 nitrogen and oxygen atoms in total. The standard InChI is InChI=1S/C32H39ClN6/c1-4-39-27(8-7-15-35-25-10-12-30(36-21-25)32(2,3)23-34)20-28-24(9-11-29(33)31(28)39)22-37-18-13-26(14-19-37)38-16-5-6-17-38/h9-12,20-21,26,35H,4-6,13-19,22H2,1-3H3. The van der Waals surface area contributed by atoms with Crippen LogP contribution in [0.15, 0.2) is 36.5 Å². The van der Waals surface area contributed by atoms with Gasteiger partial charge >= 0.3 is 0 Å². The van der Waals surface area contributed by atoms with Crippen LogP contribution in [-0.2, 0) is 18.5 Å². The van der Waals surface area contributed by atoms with Gasteiger partial charge in [0.05, 0.1) is 51.8 Å². The lowest BCUT2D eigenvalue weighted by Crippen LogP contribution is -2.43. The highest BCUT2D eigenvalue weighted by Crippen LogP contribution is 2.32. The number of fused-ring (bicyclic) bond motifs is 1. The molecule has 3 aromatic rings. The number of benzene rings is 1. The summed E-state index contributed by atoms with van der Waals surface area (Å²) in [5.74, 6) is 6.65. The van der Waals surface area contributed by atoms with Crippen LogP contribution in [0, 0.1) is 23.2 Å². The van der Waals surface area contributed by atoms with E-state index in [1.165, 1.54) is 49.7 Å². The minimum absolute atomic E-state index is 0.500. The molecule has 39 heavy (non-hydrogen) atoms. The Labute approximate surface area is 237 Å². The molecule has 1 N–H and O–H groups in total. The number of likely N-dealkylation sites (tertiary alicyclic amines) is 2. The van der Waals surface area contributed by atoms with Crippen molar-refractivity contribution in [2.24, 2.45) is 0 Å². The average Bonchev–Trinajstić information content (AvgIpc) is 3.62. The van der Waals surface area contributed by atoms with E-state index in [9.17, 15) is 5.26 Å². The van der Waals surface area contributed by atoms with Gasteiger partial charge in [-0.3, -0.25) is 9.88 Å². The van der Waals surface area contributed by atoms with Crippen LogP contribution in [0.5, 0.6) is 0 Å². The number of nitriles is 1. The van der Waals surface area contributed by atoms with Crippen LogP contribution in [0.2, 0.25) is 5.02 Å². The topological polar surface area (TPSA) is 60.1 Å². The minimum Gasteiger partial charge on any atom is -0.373 e. The lowest BCUT2D eigenvalue weighted by atomic mass is 9.91. The van der Waals surface area contributed by atoms with Crippen molar-refractivity contribution in [3.8, 4) is 17.9 Å². The lowest BCUT2D eigenvalue weighted by Gasteiger charge is -2.36. The molecule has 204 valence electrons. The summed E-state index contributed by atoms with van der Waals surface area (Å²) in [5, 5.41) is 14.6. The maximum atomic E-state index is 9.32. The Hall–Kier alpha value is -3.03. The molecule has 4 heterocycles. The third-order valence-electron chi connectivity index (χ3n) is 8.30. The molecule has 5 rings (SSSR count). The van der Waals surface area contributed by atoms with Gasteiger partial charge in [-0.1, -0.05) is 23.6 Å². The molecule has 7 heteroatoms. The van der Waals surface area contributed by atoms with Gasteiger partial charge in [0.25, 0.3) is 0 Å². The van der Waals surface area contributed by atoms with Gasteiger partial charge in [0, 0.05) is 24.5 Å². The molecule has 0 amide bonds. The number of hydrogen-bond donors (Lipinski definition) is 1. The lowest BCUT2D eigenvalue weighted by molar-refractivity contribution is 0.123. The zero-order chi connectivity index (χ0) is 27.4. The van der Waals surface area contributed by atoms with Gasteiger partial charge in [-0.15, -0.1) is 0 Å². The fraction of sp³-hybridized carbons (Fsp3) is 0.500. The molecule has 0 bridgehead atoms. The smallest absolute Gasteiger partial charge is 0.0937 e. The van der Waals surface area contributed by atoms with Crippen molar-refractivity contribution in [1.29, 1.82) is 5.26 Å². The van der Waals surface area contributed by atoms with Crippen molar-refractivity contribution >= 4 is 28.2 Å². The molecule has 2 aliphatic heterocycles. The largest absolute Gasteiger partial charge is 0.373 e. The number of piperidine rings is 1. The van der Waals surface area contributed by atoms with Crippen LogP contribution < -0.4 is 5.32 Å². The first-order valence-electron chi connectivity index (χ1n) is 14.3. The van der Waals surface area contributed by atoms with Crippen molar-refractivity contribution < 1.29 is 0 Å². The van der Waals surface area contributed by atoms with Crippen LogP contribution >= 0.6 is 11.6 Å². The molecule has 0 atom stereocenters. The third-order valence-corrected chi connectivity index (χ3v) is 8.61. The summed E-state index contributed by atoms with van der Waals surface area (Å²) in [6.07, 6.45) is 7.03. The van der Waals surface area contributed by atoms with Crippen LogP contribution in [-0.4, -0.2) is 58.1 Å². The summed E-state index contributed by atoms with van der Waals surface area (Å²) in [6, 6.07) is 13.4. The Balaban J connectivity index is 1.27. The molecule has 0 saturated carbocycles. The number of halogens is 1. The van der Waals surface area contributed by atoms with Gasteiger partial charge in [-0.25, -0.2) is 0 Å². The predicted octanol–water partition coefficient (Wildman–Crippen LogP) is 6.03. The summed E-state index contributed by atoms with van der Waals surface area (Å²) in [7, 11) is 0. The Morgan fingerprint density at radius 1 is 1.10 bits per heavy atom. The molecule has 2 aliphatic rings. The predicted molar refractivity (Wildman–Crippen MR) is 160 cm³/mol. The fourth-order valence-electron chi connectivity index (χ4n) is 5.96. The van der Waals surface area contributed by atoms with Crippen molar-refractivity contribution in [1.82, 2.24) is 19.4 Å². The maximum Gasteiger partial charge on any atom is 0.0937 e. The van der Waals surface area contributed by atoms with Crippen LogP contribution in [0.1, 0.15) is 63.4 Å². The number of anilines is 1. The Morgan fingerprint density at radius 2 is 1.87 bits per heavy atom. The van der Waals surface area contributed by atoms with Crippen LogP contribution in [0.25, 0.3) is 10.9 Å². The van der Waals surface area contributed by atoms with E-state index in [0.717, 1.165) is 59.8 Å². The van der Waals surface area contributed by atoms with Gasteiger partial charge in [0.1, 0.15) is 0 Å². The molecular formula is C32H39ClN6. The normalized spacial score (nSPS) is 17.2. The van der Waals surface area contributed by atoms with E-state index in [2.05, 4.69) is 61.6 Å². The maximum absolute atomic E-state index is 9.32. The molecule has 2 fully saturated rings.